The Balaban J connectivity index is 2.38. The molecule has 1 N–H and O–H groups in total. The Bertz CT molecular complexity index is 562. The Morgan fingerprint density at radius 2 is 1.94 bits per heavy atom. The maximum absolute atomic E-state index is 13.4. The predicted octanol–water partition coefficient (Wildman–Crippen LogP) is 3.24. The maximum atomic E-state index is 13.4. The van der Waals surface area contributed by atoms with E-state index in [9.17, 15) is 17.6 Å². The van der Waals surface area contributed by atoms with E-state index in [0.29, 0.717) is 0 Å². The summed E-state index contributed by atoms with van der Waals surface area (Å²) in [6.07, 6.45) is -4.50. The first-order chi connectivity index (χ1) is 8.41. The van der Waals surface area contributed by atoms with E-state index in [2.05, 4.69) is 5.10 Å². The highest BCUT2D eigenvalue weighted by molar-refractivity contribution is 5.60. The summed E-state index contributed by atoms with van der Waals surface area (Å²) in [7, 11) is 1.30. The number of ether oxygens (including phenoxy) is 1. The molecule has 0 atom stereocenters. The molecule has 1 heterocycles. The van der Waals surface area contributed by atoms with Crippen LogP contribution in [-0.2, 0) is 6.18 Å². The van der Waals surface area contributed by atoms with Crippen molar-refractivity contribution >= 4 is 0 Å². The molecule has 0 unspecified atom stereocenters. The molecule has 1 aromatic carbocycles. The molecule has 0 spiro atoms. The van der Waals surface area contributed by atoms with Crippen molar-refractivity contribution in [2.24, 2.45) is 0 Å². The van der Waals surface area contributed by atoms with Gasteiger partial charge in [0.05, 0.1) is 12.8 Å². The highest BCUT2D eigenvalue weighted by Gasteiger charge is 2.33. The number of alkyl halides is 3. The molecule has 0 bridgehead atoms. The Hall–Kier alpha value is -2.05. The van der Waals surface area contributed by atoms with E-state index in [1.54, 1.807) is 0 Å². The fourth-order valence-corrected chi connectivity index (χ4v) is 1.44. The molecule has 0 fully saturated rings. The van der Waals surface area contributed by atoms with Crippen LogP contribution in [0.4, 0.5) is 17.6 Å². The third-order valence-corrected chi connectivity index (χ3v) is 2.33. The van der Waals surface area contributed by atoms with Gasteiger partial charge in [0.1, 0.15) is 5.69 Å². The van der Waals surface area contributed by atoms with E-state index in [4.69, 9.17) is 4.74 Å². The number of aromatic amines is 1. The molecule has 0 aliphatic rings. The van der Waals surface area contributed by atoms with Gasteiger partial charge in [-0.3, -0.25) is 5.10 Å². The summed E-state index contributed by atoms with van der Waals surface area (Å²) in [5.74, 6) is -0.642. The van der Waals surface area contributed by atoms with E-state index >= 15 is 0 Å². The van der Waals surface area contributed by atoms with Gasteiger partial charge in [0.15, 0.2) is 11.6 Å². The maximum Gasteiger partial charge on any atom is 0.432 e. The van der Waals surface area contributed by atoms with Gasteiger partial charge < -0.3 is 4.74 Å². The Labute approximate surface area is 99.4 Å². The first-order valence-corrected chi connectivity index (χ1v) is 4.88. The molecule has 1 aromatic heterocycles. The lowest BCUT2D eigenvalue weighted by molar-refractivity contribution is -0.141. The zero-order valence-corrected chi connectivity index (χ0v) is 9.18. The molecular formula is C11H8F4N2O. The summed E-state index contributed by atoms with van der Waals surface area (Å²) >= 11 is 0. The van der Waals surface area contributed by atoms with Gasteiger partial charge in [0, 0.05) is 5.56 Å². The summed E-state index contributed by atoms with van der Waals surface area (Å²) < 4.78 is 55.2. The number of methoxy groups -OCH3 is 1. The van der Waals surface area contributed by atoms with Crippen LogP contribution in [0.3, 0.4) is 0 Å². The lowest BCUT2D eigenvalue weighted by atomic mass is 10.1. The molecule has 18 heavy (non-hydrogen) atoms. The van der Waals surface area contributed by atoms with E-state index in [1.807, 2.05) is 5.10 Å². The fraction of sp³-hybridized carbons (Fsp3) is 0.182. The van der Waals surface area contributed by atoms with Gasteiger partial charge in [-0.05, 0) is 24.3 Å². The van der Waals surface area contributed by atoms with Crippen LogP contribution in [0.5, 0.6) is 5.75 Å². The lowest BCUT2D eigenvalue weighted by Gasteiger charge is -2.03. The summed E-state index contributed by atoms with van der Waals surface area (Å²) in [5.41, 5.74) is -0.724. The van der Waals surface area contributed by atoms with E-state index in [1.165, 1.54) is 19.2 Å². The summed E-state index contributed by atoms with van der Waals surface area (Å²) in [6.45, 7) is 0. The van der Waals surface area contributed by atoms with Gasteiger partial charge in [0.25, 0.3) is 0 Å². The number of nitrogens with one attached hydrogen (secondary N) is 1. The van der Waals surface area contributed by atoms with Crippen molar-refractivity contribution in [1.82, 2.24) is 10.2 Å². The third-order valence-electron chi connectivity index (χ3n) is 2.33. The first-order valence-electron chi connectivity index (χ1n) is 4.88. The molecule has 3 nitrogen and oxygen atoms in total. The van der Waals surface area contributed by atoms with Gasteiger partial charge >= 0.3 is 6.18 Å². The van der Waals surface area contributed by atoms with Crippen molar-refractivity contribution in [3.63, 3.8) is 0 Å². The zero-order chi connectivity index (χ0) is 13.3. The van der Waals surface area contributed by atoms with Crippen LogP contribution < -0.4 is 4.74 Å². The van der Waals surface area contributed by atoms with E-state index in [-0.39, 0.29) is 17.0 Å². The predicted molar refractivity (Wildman–Crippen MR) is 55.5 cm³/mol. The van der Waals surface area contributed by atoms with Gasteiger partial charge in [0.2, 0.25) is 0 Å². The molecular weight excluding hydrogens is 252 g/mol. The van der Waals surface area contributed by atoms with Crippen LogP contribution in [0.1, 0.15) is 5.69 Å². The Kier molecular flexibility index (Phi) is 2.98. The summed E-state index contributed by atoms with van der Waals surface area (Å²) in [4.78, 5) is 0. The average molecular weight is 260 g/mol. The van der Waals surface area contributed by atoms with Crippen LogP contribution in [0, 0.1) is 5.82 Å². The monoisotopic (exact) mass is 260 g/mol. The highest BCUT2D eigenvalue weighted by Crippen LogP contribution is 2.31. The van der Waals surface area contributed by atoms with Gasteiger partial charge in [-0.25, -0.2) is 4.39 Å². The highest BCUT2D eigenvalue weighted by atomic mass is 19.4. The van der Waals surface area contributed by atoms with Crippen molar-refractivity contribution in [2.45, 2.75) is 6.18 Å². The Morgan fingerprint density at radius 1 is 1.22 bits per heavy atom. The van der Waals surface area contributed by atoms with Gasteiger partial charge in [-0.1, -0.05) is 0 Å². The molecule has 0 aliphatic heterocycles. The van der Waals surface area contributed by atoms with Crippen LogP contribution >= 0.6 is 0 Å². The third kappa shape index (κ3) is 2.29. The molecule has 0 radical (unpaired) electrons. The second kappa shape index (κ2) is 4.32. The molecule has 2 rings (SSSR count). The minimum atomic E-state index is -4.50. The molecule has 0 amide bonds. The smallest absolute Gasteiger partial charge is 0.432 e. The van der Waals surface area contributed by atoms with Gasteiger partial charge in [-0.15, -0.1) is 0 Å². The molecule has 0 saturated heterocycles. The van der Waals surface area contributed by atoms with Crippen LogP contribution in [0.25, 0.3) is 11.3 Å². The number of aromatic nitrogens is 2. The SMILES string of the molecule is COc1ccc(-c2cc(C(F)(F)F)[nH]n2)cc1F. The number of hydrogen-bond acceptors (Lipinski definition) is 2. The van der Waals surface area contributed by atoms with Crippen molar-refractivity contribution in [3.05, 3.63) is 35.8 Å². The number of benzene rings is 1. The van der Waals surface area contributed by atoms with Crippen molar-refractivity contribution in [1.29, 1.82) is 0 Å². The van der Waals surface area contributed by atoms with Crippen molar-refractivity contribution < 1.29 is 22.3 Å². The largest absolute Gasteiger partial charge is 0.494 e. The number of rotatable bonds is 2. The number of halogens is 4. The number of nitrogens with zero attached hydrogens (tertiary/aromatic N) is 1. The second-order valence-electron chi connectivity index (χ2n) is 3.51. The zero-order valence-electron chi connectivity index (χ0n) is 9.18. The minimum absolute atomic E-state index is 0.0175. The molecule has 96 valence electrons. The summed E-state index contributed by atoms with van der Waals surface area (Å²) in [5, 5.41) is 5.36. The van der Waals surface area contributed by atoms with Gasteiger partial charge in [-0.2, -0.15) is 18.3 Å². The van der Waals surface area contributed by atoms with Crippen LogP contribution in [0.2, 0.25) is 0 Å². The molecule has 0 saturated carbocycles. The minimum Gasteiger partial charge on any atom is -0.494 e. The van der Waals surface area contributed by atoms with E-state index < -0.39 is 17.7 Å². The van der Waals surface area contributed by atoms with E-state index in [0.717, 1.165) is 12.1 Å². The van der Waals surface area contributed by atoms with Crippen molar-refractivity contribution in [3.8, 4) is 17.0 Å². The molecule has 2 aromatic rings. The number of H-pyrrole nitrogens is 1. The quantitative estimate of drug-likeness (QED) is 0.842. The van der Waals surface area contributed by atoms with Crippen LogP contribution in [0.15, 0.2) is 24.3 Å². The average Bonchev–Trinajstić information content (AvgIpc) is 2.77. The standard InChI is InChI=1S/C11H8F4N2O/c1-18-9-3-2-6(4-7(9)12)8-5-10(17-16-8)11(13,14)15/h2-5H,1H3,(H,16,17). The summed E-state index contributed by atoms with van der Waals surface area (Å²) in [6, 6.07) is 4.64. The topological polar surface area (TPSA) is 37.9 Å². The second-order valence-corrected chi connectivity index (χ2v) is 3.51. The van der Waals surface area contributed by atoms with Crippen LogP contribution in [-0.4, -0.2) is 17.3 Å². The number of hydrogen-bond donors (Lipinski definition) is 1. The molecule has 7 heteroatoms. The van der Waals surface area contributed by atoms with Crippen molar-refractivity contribution in [2.75, 3.05) is 7.11 Å². The lowest BCUT2D eigenvalue weighted by Crippen LogP contribution is -2.04. The first kappa shape index (κ1) is 12.4. The normalized spacial score (nSPS) is 11.6. The Morgan fingerprint density at radius 3 is 2.44 bits per heavy atom. The molecule has 0 aliphatic carbocycles. The fourth-order valence-electron chi connectivity index (χ4n) is 1.44.